The summed E-state index contributed by atoms with van der Waals surface area (Å²) in [7, 11) is -0.916. The Labute approximate surface area is 157 Å². The van der Waals surface area contributed by atoms with Gasteiger partial charge in [-0.1, -0.05) is 29.8 Å². The van der Waals surface area contributed by atoms with E-state index in [4.69, 9.17) is 16.3 Å². The average Bonchev–Trinajstić information content (AvgIpc) is 2.62. The van der Waals surface area contributed by atoms with E-state index in [0.29, 0.717) is 13.0 Å². The van der Waals surface area contributed by atoms with E-state index < -0.39 is 10.0 Å². The molecule has 138 valence electrons. The van der Waals surface area contributed by atoms with Gasteiger partial charge in [0, 0.05) is 31.6 Å². The first-order valence-corrected chi connectivity index (χ1v) is 9.87. The van der Waals surface area contributed by atoms with Crippen LogP contribution in [-0.2, 0) is 10.0 Å². The lowest BCUT2D eigenvalue weighted by Crippen LogP contribution is -2.32. The number of benzene rings is 2. The molecule has 2 aromatic carbocycles. The number of hydrogen-bond donors (Lipinski definition) is 1. The maximum atomic E-state index is 12.7. The fourth-order valence-corrected chi connectivity index (χ4v) is 4.17. The molecule has 2 aromatic rings. The number of para-hydroxylation sites is 1. The third kappa shape index (κ3) is 3.56. The first-order valence-electron chi connectivity index (χ1n) is 8.05. The molecule has 0 saturated carbocycles. The highest BCUT2D eigenvalue weighted by Crippen LogP contribution is 2.32. The zero-order chi connectivity index (χ0) is 18.9. The molecule has 0 bridgehead atoms. The molecule has 1 aliphatic heterocycles. The van der Waals surface area contributed by atoms with Gasteiger partial charge in [0.15, 0.2) is 0 Å². The quantitative estimate of drug-likeness (QED) is 0.865. The van der Waals surface area contributed by atoms with Crippen molar-refractivity contribution >= 4 is 27.5 Å². The van der Waals surface area contributed by atoms with Gasteiger partial charge in [-0.25, -0.2) is 12.7 Å². The summed E-state index contributed by atoms with van der Waals surface area (Å²) < 4.78 is 31.4. The molecule has 0 aliphatic carbocycles. The summed E-state index contributed by atoms with van der Waals surface area (Å²) in [5.74, 6) is 0.384. The summed E-state index contributed by atoms with van der Waals surface area (Å²) in [6.45, 7) is 0.503. The number of sulfonamides is 1. The summed E-state index contributed by atoms with van der Waals surface area (Å²) >= 11 is 6.03. The van der Waals surface area contributed by atoms with Crippen LogP contribution in [0.5, 0.6) is 5.75 Å². The molecule has 6 nitrogen and oxygen atoms in total. The van der Waals surface area contributed by atoms with Crippen LogP contribution < -0.4 is 10.1 Å². The van der Waals surface area contributed by atoms with E-state index >= 15 is 0 Å². The fraction of sp³-hybridized carbons (Fsp3) is 0.278. The number of nitrogens with zero attached hydrogens (tertiary/aromatic N) is 1. The second-order valence-electron chi connectivity index (χ2n) is 6.13. The standard InChI is InChI=1S/C18H19ClN2O4S/c1-21(2)26(23,24)17-11-12(7-8-14(17)19)18(22)20-15-9-10-25-16-6-4-3-5-13(15)16/h3-8,11,15H,9-10H2,1-2H3,(H,20,22)/t15-/m1/s1. The van der Waals surface area contributed by atoms with Crippen LogP contribution in [-0.4, -0.2) is 39.3 Å². The molecule has 1 heterocycles. The molecule has 0 unspecified atom stereocenters. The van der Waals surface area contributed by atoms with Gasteiger partial charge < -0.3 is 10.1 Å². The topological polar surface area (TPSA) is 75.7 Å². The van der Waals surface area contributed by atoms with Gasteiger partial charge in [-0.05, 0) is 24.3 Å². The molecular formula is C18H19ClN2O4S. The van der Waals surface area contributed by atoms with Crippen LogP contribution >= 0.6 is 11.6 Å². The minimum Gasteiger partial charge on any atom is -0.493 e. The van der Waals surface area contributed by atoms with E-state index in [2.05, 4.69) is 5.32 Å². The van der Waals surface area contributed by atoms with Crippen molar-refractivity contribution in [1.29, 1.82) is 0 Å². The van der Waals surface area contributed by atoms with Gasteiger partial charge in [0.25, 0.3) is 5.91 Å². The molecule has 0 radical (unpaired) electrons. The average molecular weight is 395 g/mol. The van der Waals surface area contributed by atoms with E-state index in [1.165, 1.54) is 32.3 Å². The predicted molar refractivity (Wildman–Crippen MR) is 99.1 cm³/mol. The first kappa shape index (κ1) is 18.7. The van der Waals surface area contributed by atoms with E-state index in [1.807, 2.05) is 24.3 Å². The van der Waals surface area contributed by atoms with E-state index in [-0.39, 0.29) is 27.4 Å². The van der Waals surface area contributed by atoms with Crippen molar-refractivity contribution < 1.29 is 17.9 Å². The van der Waals surface area contributed by atoms with Gasteiger partial charge in [0.05, 0.1) is 17.7 Å². The third-order valence-corrected chi connectivity index (χ3v) is 6.51. The molecule has 1 atom stereocenters. The largest absolute Gasteiger partial charge is 0.493 e. The number of hydrogen-bond acceptors (Lipinski definition) is 4. The molecule has 8 heteroatoms. The van der Waals surface area contributed by atoms with Crippen molar-refractivity contribution in [2.75, 3.05) is 20.7 Å². The number of nitrogens with one attached hydrogen (secondary N) is 1. The van der Waals surface area contributed by atoms with E-state index in [9.17, 15) is 13.2 Å². The molecule has 26 heavy (non-hydrogen) atoms. The molecule has 1 aliphatic rings. The molecule has 0 saturated heterocycles. The number of fused-ring (bicyclic) bond motifs is 1. The maximum Gasteiger partial charge on any atom is 0.251 e. The van der Waals surface area contributed by atoms with Crippen LogP contribution in [0.4, 0.5) is 0 Å². The molecule has 0 spiro atoms. The lowest BCUT2D eigenvalue weighted by Gasteiger charge is -2.26. The van der Waals surface area contributed by atoms with Crippen molar-refractivity contribution in [1.82, 2.24) is 9.62 Å². The highest BCUT2D eigenvalue weighted by Gasteiger charge is 2.25. The lowest BCUT2D eigenvalue weighted by atomic mass is 10.00. The Hall–Kier alpha value is -2.09. The molecule has 1 N–H and O–H groups in total. The Morgan fingerprint density at radius 3 is 2.69 bits per heavy atom. The van der Waals surface area contributed by atoms with Crippen LogP contribution in [0.3, 0.4) is 0 Å². The molecular weight excluding hydrogens is 376 g/mol. The monoisotopic (exact) mass is 394 g/mol. The van der Waals surface area contributed by atoms with Gasteiger partial charge in [0.2, 0.25) is 10.0 Å². The van der Waals surface area contributed by atoms with Gasteiger partial charge in [-0.2, -0.15) is 0 Å². The SMILES string of the molecule is CN(C)S(=O)(=O)c1cc(C(=O)N[C@@H]2CCOc3ccccc32)ccc1Cl. The predicted octanol–water partition coefficient (Wildman–Crippen LogP) is 2.84. The van der Waals surface area contributed by atoms with Crippen molar-refractivity contribution in [3.63, 3.8) is 0 Å². The summed E-state index contributed by atoms with van der Waals surface area (Å²) in [5.41, 5.74) is 1.14. The van der Waals surface area contributed by atoms with Gasteiger partial charge in [0.1, 0.15) is 10.6 Å². The number of halogens is 1. The minimum absolute atomic E-state index is 0.0756. The zero-order valence-electron chi connectivity index (χ0n) is 14.4. The Bertz CT molecular complexity index is 944. The summed E-state index contributed by atoms with van der Waals surface area (Å²) in [5, 5.41) is 3.02. The first-order chi connectivity index (χ1) is 12.3. The smallest absolute Gasteiger partial charge is 0.251 e. The fourth-order valence-electron chi connectivity index (χ4n) is 2.77. The summed E-state index contributed by atoms with van der Waals surface area (Å²) in [6.07, 6.45) is 0.638. The Morgan fingerprint density at radius 1 is 1.23 bits per heavy atom. The van der Waals surface area contributed by atoms with Crippen LogP contribution in [0, 0.1) is 0 Å². The van der Waals surface area contributed by atoms with Crippen molar-refractivity contribution in [3.05, 3.63) is 58.6 Å². The lowest BCUT2D eigenvalue weighted by molar-refractivity contribution is 0.0924. The second-order valence-corrected chi connectivity index (χ2v) is 8.66. The van der Waals surface area contributed by atoms with Crippen LogP contribution in [0.25, 0.3) is 0 Å². The summed E-state index contributed by atoms with van der Waals surface area (Å²) in [4.78, 5) is 12.6. The van der Waals surface area contributed by atoms with Crippen LogP contribution in [0.15, 0.2) is 47.4 Å². The van der Waals surface area contributed by atoms with Gasteiger partial charge in [-0.3, -0.25) is 4.79 Å². The Balaban J connectivity index is 1.88. The van der Waals surface area contributed by atoms with E-state index in [0.717, 1.165) is 15.6 Å². The van der Waals surface area contributed by atoms with Crippen LogP contribution in [0.2, 0.25) is 5.02 Å². The number of carbonyl (C=O) groups is 1. The second kappa shape index (κ2) is 7.26. The third-order valence-electron chi connectivity index (χ3n) is 4.22. The normalized spacial score (nSPS) is 16.7. The van der Waals surface area contributed by atoms with Gasteiger partial charge >= 0.3 is 0 Å². The maximum absolute atomic E-state index is 12.7. The minimum atomic E-state index is -3.74. The summed E-state index contributed by atoms with van der Waals surface area (Å²) in [6, 6.07) is 11.6. The highest BCUT2D eigenvalue weighted by atomic mass is 35.5. The van der Waals surface area contributed by atoms with E-state index in [1.54, 1.807) is 0 Å². The number of ether oxygens (including phenoxy) is 1. The van der Waals surface area contributed by atoms with Crippen molar-refractivity contribution in [2.45, 2.75) is 17.4 Å². The number of rotatable bonds is 4. The van der Waals surface area contributed by atoms with Crippen molar-refractivity contribution in [2.24, 2.45) is 0 Å². The van der Waals surface area contributed by atoms with Crippen LogP contribution in [0.1, 0.15) is 28.4 Å². The van der Waals surface area contributed by atoms with Gasteiger partial charge in [-0.15, -0.1) is 0 Å². The Kier molecular flexibility index (Phi) is 5.22. The van der Waals surface area contributed by atoms with Crippen molar-refractivity contribution in [3.8, 4) is 5.75 Å². The Morgan fingerprint density at radius 2 is 1.96 bits per heavy atom. The molecule has 3 rings (SSSR count). The molecule has 0 aromatic heterocycles. The zero-order valence-corrected chi connectivity index (χ0v) is 16.0. The molecule has 1 amide bonds. The number of amides is 1. The highest BCUT2D eigenvalue weighted by molar-refractivity contribution is 7.89. The number of carbonyl (C=O) groups excluding carboxylic acids is 1. The molecule has 0 fully saturated rings.